The van der Waals surface area contributed by atoms with Gasteiger partial charge in [0.05, 0.1) is 6.61 Å². The van der Waals surface area contributed by atoms with Crippen LogP contribution in [-0.4, -0.2) is 24.6 Å². The minimum absolute atomic E-state index is 0.0156. The van der Waals surface area contributed by atoms with Crippen molar-refractivity contribution in [2.75, 3.05) is 6.61 Å². The van der Waals surface area contributed by atoms with Crippen molar-refractivity contribution >= 4 is 12.0 Å². The van der Waals surface area contributed by atoms with Crippen LogP contribution in [-0.2, 0) is 9.53 Å². The molecule has 0 aliphatic carbocycles. The third-order valence-corrected chi connectivity index (χ3v) is 2.21. The van der Waals surface area contributed by atoms with Gasteiger partial charge in [-0.2, -0.15) is 0 Å². The quantitative estimate of drug-likeness (QED) is 0.650. The third kappa shape index (κ3) is 5.24. The number of urea groups is 1. The van der Waals surface area contributed by atoms with Crippen LogP contribution in [0.3, 0.4) is 0 Å². The molecule has 88 valence electrons. The van der Waals surface area contributed by atoms with Gasteiger partial charge in [-0.1, -0.05) is 27.2 Å². The Morgan fingerprint density at radius 2 is 2.00 bits per heavy atom. The molecule has 0 unspecified atom stereocenters. The van der Waals surface area contributed by atoms with Crippen LogP contribution in [0.4, 0.5) is 4.79 Å². The van der Waals surface area contributed by atoms with E-state index in [2.05, 4.69) is 5.32 Å². The molecule has 0 aliphatic heterocycles. The van der Waals surface area contributed by atoms with Gasteiger partial charge >= 0.3 is 12.0 Å². The standard InChI is InChI=1S/C10H20N2O3/c1-4-6-15-9(13)8(7(3)5-2)12-10(11)14/h7-8H,4-6H2,1-3H3,(H3,11,12,14)/t7-,8+/m0/s1. The summed E-state index contributed by atoms with van der Waals surface area (Å²) in [7, 11) is 0. The van der Waals surface area contributed by atoms with Crippen LogP contribution < -0.4 is 11.1 Å². The van der Waals surface area contributed by atoms with Crippen molar-refractivity contribution in [3.05, 3.63) is 0 Å². The molecule has 0 rings (SSSR count). The van der Waals surface area contributed by atoms with Crippen molar-refractivity contribution in [2.24, 2.45) is 11.7 Å². The summed E-state index contributed by atoms with van der Waals surface area (Å²) < 4.78 is 4.97. The van der Waals surface area contributed by atoms with Crippen LogP contribution in [0.2, 0.25) is 0 Å². The number of ether oxygens (including phenoxy) is 1. The molecule has 5 heteroatoms. The topological polar surface area (TPSA) is 81.4 Å². The molecule has 2 atom stereocenters. The van der Waals surface area contributed by atoms with Gasteiger partial charge < -0.3 is 15.8 Å². The van der Waals surface area contributed by atoms with E-state index in [9.17, 15) is 9.59 Å². The molecule has 0 aromatic carbocycles. The number of nitrogens with two attached hydrogens (primary N) is 1. The molecule has 2 amide bonds. The van der Waals surface area contributed by atoms with Gasteiger partial charge in [0.15, 0.2) is 0 Å². The summed E-state index contributed by atoms with van der Waals surface area (Å²) in [6.45, 7) is 6.08. The molecule has 0 aromatic rings. The van der Waals surface area contributed by atoms with Crippen LogP contribution >= 0.6 is 0 Å². The second kappa shape index (κ2) is 7.09. The number of hydrogen-bond donors (Lipinski definition) is 2. The lowest BCUT2D eigenvalue weighted by molar-refractivity contribution is -0.147. The third-order valence-electron chi connectivity index (χ3n) is 2.21. The second-order valence-electron chi connectivity index (χ2n) is 3.54. The minimum Gasteiger partial charge on any atom is -0.464 e. The van der Waals surface area contributed by atoms with Gasteiger partial charge in [-0.25, -0.2) is 9.59 Å². The largest absolute Gasteiger partial charge is 0.464 e. The lowest BCUT2D eigenvalue weighted by Crippen LogP contribution is -2.48. The molecule has 0 heterocycles. The first-order valence-electron chi connectivity index (χ1n) is 5.25. The first-order valence-corrected chi connectivity index (χ1v) is 5.25. The van der Waals surface area contributed by atoms with Crippen LogP contribution in [0, 0.1) is 5.92 Å². The average Bonchev–Trinajstić information content (AvgIpc) is 2.21. The molecule has 0 radical (unpaired) electrons. The number of rotatable bonds is 6. The van der Waals surface area contributed by atoms with E-state index in [4.69, 9.17) is 10.5 Å². The molecule has 5 nitrogen and oxygen atoms in total. The lowest BCUT2D eigenvalue weighted by Gasteiger charge is -2.21. The maximum Gasteiger partial charge on any atom is 0.328 e. The summed E-state index contributed by atoms with van der Waals surface area (Å²) >= 11 is 0. The maximum atomic E-state index is 11.5. The summed E-state index contributed by atoms with van der Waals surface area (Å²) in [6.07, 6.45) is 1.53. The Kier molecular flexibility index (Phi) is 6.49. The van der Waals surface area contributed by atoms with Crippen LogP contribution in [0.15, 0.2) is 0 Å². The van der Waals surface area contributed by atoms with Crippen LogP contribution in [0.1, 0.15) is 33.6 Å². The summed E-state index contributed by atoms with van der Waals surface area (Å²) in [4.78, 5) is 22.3. The Bertz CT molecular complexity index is 219. The summed E-state index contributed by atoms with van der Waals surface area (Å²) in [5.41, 5.74) is 4.99. The summed E-state index contributed by atoms with van der Waals surface area (Å²) in [5, 5.41) is 2.40. The Morgan fingerprint density at radius 1 is 1.40 bits per heavy atom. The Hall–Kier alpha value is -1.26. The van der Waals surface area contributed by atoms with Gasteiger partial charge in [-0.3, -0.25) is 0 Å². The average molecular weight is 216 g/mol. The van der Waals surface area contributed by atoms with E-state index in [1.54, 1.807) is 0 Å². The van der Waals surface area contributed by atoms with Gasteiger partial charge in [-0.05, 0) is 12.3 Å². The zero-order valence-corrected chi connectivity index (χ0v) is 9.58. The molecule has 3 N–H and O–H groups in total. The number of primary amides is 1. The fourth-order valence-corrected chi connectivity index (χ4v) is 1.11. The first-order chi connectivity index (χ1) is 7.02. The van der Waals surface area contributed by atoms with E-state index >= 15 is 0 Å². The van der Waals surface area contributed by atoms with Crippen LogP contribution in [0.25, 0.3) is 0 Å². The highest BCUT2D eigenvalue weighted by Crippen LogP contribution is 2.09. The molecule has 0 saturated heterocycles. The molecule has 0 fully saturated rings. The number of carbonyl (C=O) groups is 2. The maximum absolute atomic E-state index is 11.5. The molecule has 0 saturated carbocycles. The molecule has 0 spiro atoms. The molecular formula is C10H20N2O3. The number of amides is 2. The highest BCUT2D eigenvalue weighted by Gasteiger charge is 2.26. The second-order valence-corrected chi connectivity index (χ2v) is 3.54. The minimum atomic E-state index is -0.700. The first kappa shape index (κ1) is 13.7. The summed E-state index contributed by atoms with van der Waals surface area (Å²) in [5.74, 6) is -0.396. The summed E-state index contributed by atoms with van der Waals surface area (Å²) in [6, 6.07) is -1.34. The molecular weight excluding hydrogens is 196 g/mol. The van der Waals surface area contributed by atoms with E-state index in [0.717, 1.165) is 12.8 Å². The SMILES string of the molecule is CCCOC(=O)[C@H](NC(N)=O)[C@@H](C)CC. The van der Waals surface area contributed by atoms with Crippen molar-refractivity contribution in [1.82, 2.24) is 5.32 Å². The normalized spacial score (nSPS) is 14.1. The molecule has 0 aromatic heterocycles. The number of nitrogens with one attached hydrogen (secondary N) is 1. The van der Waals surface area contributed by atoms with Crippen molar-refractivity contribution in [3.63, 3.8) is 0 Å². The van der Waals surface area contributed by atoms with Crippen molar-refractivity contribution in [3.8, 4) is 0 Å². The number of carbonyl (C=O) groups excluding carboxylic acids is 2. The smallest absolute Gasteiger partial charge is 0.328 e. The molecule has 0 aliphatic rings. The van der Waals surface area contributed by atoms with Crippen molar-refractivity contribution in [2.45, 2.75) is 39.7 Å². The Morgan fingerprint density at radius 3 is 2.40 bits per heavy atom. The number of hydrogen-bond acceptors (Lipinski definition) is 3. The van der Waals surface area contributed by atoms with Gasteiger partial charge in [-0.15, -0.1) is 0 Å². The van der Waals surface area contributed by atoms with Gasteiger partial charge in [0.1, 0.15) is 6.04 Å². The van der Waals surface area contributed by atoms with Crippen molar-refractivity contribution < 1.29 is 14.3 Å². The van der Waals surface area contributed by atoms with Crippen LogP contribution in [0.5, 0.6) is 0 Å². The lowest BCUT2D eigenvalue weighted by atomic mass is 9.99. The highest BCUT2D eigenvalue weighted by atomic mass is 16.5. The Balaban J connectivity index is 4.33. The predicted octanol–water partition coefficient (Wildman–Crippen LogP) is 1.02. The van der Waals surface area contributed by atoms with E-state index < -0.39 is 18.0 Å². The predicted molar refractivity (Wildman–Crippen MR) is 57.2 cm³/mol. The van der Waals surface area contributed by atoms with Gasteiger partial charge in [0.25, 0.3) is 0 Å². The fourth-order valence-electron chi connectivity index (χ4n) is 1.11. The number of esters is 1. The zero-order valence-electron chi connectivity index (χ0n) is 9.58. The molecule has 0 bridgehead atoms. The van der Waals surface area contributed by atoms with E-state index in [0.29, 0.717) is 6.61 Å². The van der Waals surface area contributed by atoms with E-state index in [1.807, 2.05) is 20.8 Å². The van der Waals surface area contributed by atoms with Gasteiger partial charge in [0.2, 0.25) is 0 Å². The van der Waals surface area contributed by atoms with Gasteiger partial charge in [0, 0.05) is 0 Å². The van der Waals surface area contributed by atoms with E-state index in [-0.39, 0.29) is 5.92 Å². The molecule has 15 heavy (non-hydrogen) atoms. The monoisotopic (exact) mass is 216 g/mol. The Labute approximate surface area is 90.4 Å². The zero-order chi connectivity index (χ0) is 11.8. The fraction of sp³-hybridized carbons (Fsp3) is 0.800. The van der Waals surface area contributed by atoms with E-state index in [1.165, 1.54) is 0 Å². The van der Waals surface area contributed by atoms with Crippen molar-refractivity contribution in [1.29, 1.82) is 0 Å². The highest BCUT2D eigenvalue weighted by molar-refractivity contribution is 5.82.